The third-order valence-electron chi connectivity index (χ3n) is 4.87. The van der Waals surface area contributed by atoms with Crippen molar-refractivity contribution in [1.82, 2.24) is 15.3 Å². The van der Waals surface area contributed by atoms with Crippen molar-refractivity contribution in [2.75, 3.05) is 31.1 Å². The molecule has 0 spiro atoms. The molecule has 0 aliphatic carbocycles. The molecular formula is C16H26N4O. The number of anilines is 1. The quantitative estimate of drug-likeness (QED) is 0.919. The van der Waals surface area contributed by atoms with Crippen molar-refractivity contribution in [1.29, 1.82) is 0 Å². The minimum Gasteiger partial charge on any atom is -0.478 e. The van der Waals surface area contributed by atoms with Crippen LogP contribution in [0.3, 0.4) is 0 Å². The lowest BCUT2D eigenvalue weighted by Crippen LogP contribution is -2.45. The van der Waals surface area contributed by atoms with Gasteiger partial charge in [-0.2, -0.15) is 4.98 Å². The van der Waals surface area contributed by atoms with Gasteiger partial charge in [-0.25, -0.2) is 4.98 Å². The molecular weight excluding hydrogens is 264 g/mol. The molecule has 3 heterocycles. The highest BCUT2D eigenvalue weighted by atomic mass is 16.5. The van der Waals surface area contributed by atoms with E-state index in [2.05, 4.69) is 41.0 Å². The molecule has 21 heavy (non-hydrogen) atoms. The van der Waals surface area contributed by atoms with E-state index in [4.69, 9.17) is 4.74 Å². The summed E-state index contributed by atoms with van der Waals surface area (Å²) in [5.74, 6) is 2.89. The summed E-state index contributed by atoms with van der Waals surface area (Å²) in [6.07, 6.45) is 0.989. The highest BCUT2D eigenvalue weighted by Gasteiger charge is 2.50. The molecule has 5 heteroatoms. The number of nitrogens with zero attached hydrogens (tertiary/aromatic N) is 3. The molecule has 0 saturated carbocycles. The van der Waals surface area contributed by atoms with E-state index in [1.165, 1.54) is 0 Å². The van der Waals surface area contributed by atoms with Crippen molar-refractivity contribution in [2.24, 2.45) is 11.8 Å². The molecule has 1 N–H and O–H groups in total. The molecule has 0 bridgehead atoms. The average molecular weight is 290 g/mol. The summed E-state index contributed by atoms with van der Waals surface area (Å²) in [5.41, 5.74) is 1.06. The van der Waals surface area contributed by atoms with Crippen LogP contribution in [0.25, 0.3) is 0 Å². The molecule has 0 radical (unpaired) electrons. The van der Waals surface area contributed by atoms with Crippen LogP contribution in [0.5, 0.6) is 5.88 Å². The van der Waals surface area contributed by atoms with Gasteiger partial charge in [-0.3, -0.25) is 0 Å². The van der Waals surface area contributed by atoms with Crippen molar-refractivity contribution in [2.45, 2.75) is 39.7 Å². The first-order chi connectivity index (χ1) is 10.0. The Kier molecular flexibility index (Phi) is 3.78. The summed E-state index contributed by atoms with van der Waals surface area (Å²) in [7, 11) is 0. The van der Waals surface area contributed by atoms with Crippen molar-refractivity contribution in [3.05, 3.63) is 11.8 Å². The van der Waals surface area contributed by atoms with Gasteiger partial charge in [0.15, 0.2) is 0 Å². The Labute approximate surface area is 127 Å². The van der Waals surface area contributed by atoms with E-state index in [9.17, 15) is 0 Å². The van der Waals surface area contributed by atoms with Crippen molar-refractivity contribution < 1.29 is 4.74 Å². The predicted octanol–water partition coefficient (Wildman–Crippen LogP) is 2.01. The molecule has 0 amide bonds. The summed E-state index contributed by atoms with van der Waals surface area (Å²) >= 11 is 0. The smallest absolute Gasteiger partial charge is 0.229 e. The van der Waals surface area contributed by atoms with Gasteiger partial charge in [0.1, 0.15) is 0 Å². The minimum atomic E-state index is 0.0873. The van der Waals surface area contributed by atoms with Gasteiger partial charge in [0.2, 0.25) is 11.8 Å². The van der Waals surface area contributed by atoms with Gasteiger partial charge in [-0.05, 0) is 39.0 Å². The fourth-order valence-electron chi connectivity index (χ4n) is 3.69. The van der Waals surface area contributed by atoms with Crippen LogP contribution in [0.4, 0.5) is 5.95 Å². The number of fused-ring (bicyclic) bond motifs is 1. The number of hydrogen-bond acceptors (Lipinski definition) is 5. The second kappa shape index (κ2) is 5.44. The van der Waals surface area contributed by atoms with Crippen LogP contribution in [-0.4, -0.2) is 41.7 Å². The van der Waals surface area contributed by atoms with Gasteiger partial charge in [-0.15, -0.1) is 0 Å². The van der Waals surface area contributed by atoms with Crippen molar-refractivity contribution in [3.8, 4) is 5.88 Å². The Morgan fingerprint density at radius 1 is 1.38 bits per heavy atom. The number of aryl methyl sites for hydroxylation is 1. The molecule has 1 aromatic rings. The summed E-state index contributed by atoms with van der Waals surface area (Å²) < 4.78 is 5.71. The second-order valence-corrected chi connectivity index (χ2v) is 6.79. The second-order valence-electron chi connectivity index (χ2n) is 6.79. The molecule has 2 saturated heterocycles. The first-order valence-electron chi connectivity index (χ1n) is 7.99. The Hall–Kier alpha value is -1.36. The van der Waals surface area contributed by atoms with E-state index in [1.54, 1.807) is 0 Å². The topological polar surface area (TPSA) is 50.3 Å². The van der Waals surface area contributed by atoms with E-state index >= 15 is 0 Å². The summed E-state index contributed by atoms with van der Waals surface area (Å²) in [6.45, 7) is 12.7. The molecule has 3 rings (SSSR count). The van der Waals surface area contributed by atoms with Gasteiger partial charge in [-0.1, -0.05) is 6.92 Å². The molecule has 2 atom stereocenters. The Morgan fingerprint density at radius 3 is 2.90 bits per heavy atom. The molecule has 2 unspecified atom stereocenters. The van der Waals surface area contributed by atoms with E-state index < -0.39 is 0 Å². The maximum atomic E-state index is 5.71. The third-order valence-corrected chi connectivity index (χ3v) is 4.87. The zero-order chi connectivity index (χ0) is 15.0. The summed E-state index contributed by atoms with van der Waals surface area (Å²) in [4.78, 5) is 11.7. The highest BCUT2D eigenvalue weighted by Crippen LogP contribution is 2.42. The molecule has 2 aliphatic rings. The van der Waals surface area contributed by atoms with Gasteiger partial charge >= 0.3 is 0 Å². The van der Waals surface area contributed by atoms with Crippen LogP contribution in [0.15, 0.2) is 6.07 Å². The summed E-state index contributed by atoms with van der Waals surface area (Å²) in [6, 6.07) is 1.92. The van der Waals surface area contributed by atoms with E-state index in [-0.39, 0.29) is 5.54 Å². The molecule has 1 aromatic heterocycles. The highest BCUT2D eigenvalue weighted by molar-refractivity contribution is 5.41. The fraction of sp³-hybridized carbons (Fsp3) is 0.750. The maximum Gasteiger partial charge on any atom is 0.229 e. The standard InChI is InChI=1S/C16H26N4O/c1-5-6-21-14-7-11(2)18-15(19-14)20-10-12-8-17-9-13(12)16(20,3)4/h7,12-13,17H,5-6,8-10H2,1-4H3. The van der Waals surface area contributed by atoms with Crippen molar-refractivity contribution >= 4 is 5.95 Å². The lowest BCUT2D eigenvalue weighted by Gasteiger charge is -2.35. The first kappa shape index (κ1) is 14.6. The van der Waals surface area contributed by atoms with E-state index in [1.807, 2.05) is 13.0 Å². The van der Waals surface area contributed by atoms with Gasteiger partial charge < -0.3 is 15.0 Å². The van der Waals surface area contributed by atoms with Crippen LogP contribution in [0, 0.1) is 18.8 Å². The van der Waals surface area contributed by atoms with E-state index in [0.29, 0.717) is 24.3 Å². The Balaban J connectivity index is 1.88. The van der Waals surface area contributed by atoms with Crippen LogP contribution in [-0.2, 0) is 0 Å². The molecule has 0 aromatic carbocycles. The Bertz CT molecular complexity index is 517. The molecule has 2 aliphatic heterocycles. The number of rotatable bonds is 4. The predicted molar refractivity (Wildman–Crippen MR) is 83.8 cm³/mol. The first-order valence-corrected chi connectivity index (χ1v) is 7.99. The monoisotopic (exact) mass is 290 g/mol. The molecule has 2 fully saturated rings. The average Bonchev–Trinajstić information content (AvgIpc) is 2.98. The van der Waals surface area contributed by atoms with E-state index in [0.717, 1.165) is 37.7 Å². The van der Waals surface area contributed by atoms with Gasteiger partial charge in [0.05, 0.1) is 6.61 Å². The lowest BCUT2D eigenvalue weighted by atomic mass is 9.85. The van der Waals surface area contributed by atoms with Crippen LogP contribution in [0.1, 0.15) is 32.9 Å². The summed E-state index contributed by atoms with van der Waals surface area (Å²) in [5, 5.41) is 3.51. The van der Waals surface area contributed by atoms with Crippen LogP contribution < -0.4 is 15.0 Å². The number of ether oxygens (including phenoxy) is 1. The molecule has 116 valence electrons. The SMILES string of the molecule is CCCOc1cc(C)nc(N2CC3CNCC3C2(C)C)n1. The number of nitrogens with one attached hydrogen (secondary N) is 1. The zero-order valence-electron chi connectivity index (χ0n) is 13.5. The number of aromatic nitrogens is 2. The van der Waals surface area contributed by atoms with Gasteiger partial charge in [0.25, 0.3) is 0 Å². The molecule has 5 nitrogen and oxygen atoms in total. The van der Waals surface area contributed by atoms with Crippen LogP contribution in [0.2, 0.25) is 0 Å². The van der Waals surface area contributed by atoms with Gasteiger partial charge in [0, 0.05) is 36.9 Å². The zero-order valence-corrected chi connectivity index (χ0v) is 13.5. The van der Waals surface area contributed by atoms with Crippen molar-refractivity contribution in [3.63, 3.8) is 0 Å². The maximum absolute atomic E-state index is 5.71. The minimum absolute atomic E-state index is 0.0873. The third kappa shape index (κ3) is 2.59. The number of hydrogen-bond donors (Lipinski definition) is 1. The Morgan fingerprint density at radius 2 is 2.19 bits per heavy atom. The lowest BCUT2D eigenvalue weighted by molar-refractivity contribution is 0.303. The van der Waals surface area contributed by atoms with Crippen LogP contribution >= 0.6 is 0 Å². The fourth-order valence-corrected chi connectivity index (χ4v) is 3.69. The largest absolute Gasteiger partial charge is 0.478 e. The normalized spacial score (nSPS) is 27.0.